The van der Waals surface area contributed by atoms with Crippen molar-refractivity contribution in [2.45, 2.75) is 12.3 Å². The Bertz CT molecular complexity index is 3290. The molecule has 1 spiro atoms. The number of hydrogen-bond acceptors (Lipinski definition) is 3. The number of fused-ring (bicyclic) bond motifs is 9. The van der Waals surface area contributed by atoms with Crippen LogP contribution in [0, 0.1) is 6.92 Å². The van der Waals surface area contributed by atoms with Crippen molar-refractivity contribution in [1.29, 1.82) is 0 Å². The number of benzene rings is 9. The van der Waals surface area contributed by atoms with Crippen LogP contribution in [0.25, 0.3) is 78.4 Å². The maximum atomic E-state index is 6.77. The third kappa shape index (κ3) is 5.96. The third-order valence-corrected chi connectivity index (χ3v) is 12.9. The van der Waals surface area contributed by atoms with Gasteiger partial charge in [0, 0.05) is 27.8 Å². The van der Waals surface area contributed by atoms with E-state index in [-0.39, 0.29) is 0 Å². The zero-order chi connectivity index (χ0) is 41.9. The number of para-hydroxylation sites is 1. The van der Waals surface area contributed by atoms with Gasteiger partial charge in [-0.25, -0.2) is 9.97 Å². The topological polar surface area (TPSA) is 35.0 Å². The summed E-state index contributed by atoms with van der Waals surface area (Å²) in [5, 5.41) is 0. The highest BCUT2D eigenvalue weighted by Gasteiger charge is 2.51. The molecular formula is C60H40N2O. The van der Waals surface area contributed by atoms with E-state index in [2.05, 4.69) is 219 Å². The summed E-state index contributed by atoms with van der Waals surface area (Å²) in [5.41, 5.74) is 19.8. The van der Waals surface area contributed by atoms with Crippen LogP contribution >= 0.6 is 0 Å². The number of ether oxygens (including phenoxy) is 1. The van der Waals surface area contributed by atoms with Gasteiger partial charge in [-0.2, -0.15) is 0 Å². The van der Waals surface area contributed by atoms with Crippen LogP contribution in [0.4, 0.5) is 0 Å². The van der Waals surface area contributed by atoms with Crippen molar-refractivity contribution in [2.24, 2.45) is 0 Å². The summed E-state index contributed by atoms with van der Waals surface area (Å²) in [6.45, 7) is 2.20. The van der Waals surface area contributed by atoms with E-state index >= 15 is 0 Å². The molecule has 0 bridgehead atoms. The molecule has 1 aliphatic carbocycles. The molecule has 0 saturated heterocycles. The second kappa shape index (κ2) is 14.8. The van der Waals surface area contributed by atoms with Gasteiger partial charge >= 0.3 is 0 Å². The van der Waals surface area contributed by atoms with Crippen LogP contribution in [-0.2, 0) is 5.41 Å². The molecule has 0 saturated carbocycles. The largest absolute Gasteiger partial charge is 0.457 e. The van der Waals surface area contributed by atoms with Crippen molar-refractivity contribution in [3.8, 4) is 89.9 Å². The van der Waals surface area contributed by atoms with E-state index in [4.69, 9.17) is 14.7 Å². The van der Waals surface area contributed by atoms with Gasteiger partial charge in [0.05, 0.1) is 16.8 Å². The van der Waals surface area contributed by atoms with Gasteiger partial charge in [-0.1, -0.05) is 188 Å². The number of hydrogen-bond donors (Lipinski definition) is 0. The van der Waals surface area contributed by atoms with Crippen molar-refractivity contribution in [3.05, 3.63) is 252 Å². The Labute approximate surface area is 367 Å². The molecule has 1 aliphatic heterocycles. The molecule has 296 valence electrons. The summed E-state index contributed by atoms with van der Waals surface area (Å²) in [6, 6.07) is 80.2. The van der Waals surface area contributed by atoms with Gasteiger partial charge in [-0.15, -0.1) is 0 Å². The third-order valence-electron chi connectivity index (χ3n) is 12.9. The molecule has 2 aliphatic rings. The van der Waals surface area contributed by atoms with Gasteiger partial charge in [-0.05, 0) is 105 Å². The van der Waals surface area contributed by atoms with Gasteiger partial charge in [0.1, 0.15) is 11.5 Å². The maximum absolute atomic E-state index is 6.77. The normalized spacial score (nSPS) is 12.8. The highest BCUT2D eigenvalue weighted by atomic mass is 16.5. The van der Waals surface area contributed by atoms with Gasteiger partial charge in [0.25, 0.3) is 0 Å². The molecule has 10 aromatic rings. The summed E-state index contributed by atoms with van der Waals surface area (Å²) in [5.74, 6) is 2.46. The zero-order valence-corrected chi connectivity index (χ0v) is 34.7. The molecule has 2 heterocycles. The summed E-state index contributed by atoms with van der Waals surface area (Å²) >= 11 is 0. The smallest absolute Gasteiger partial charge is 0.160 e. The lowest BCUT2D eigenvalue weighted by Gasteiger charge is -2.39. The Morgan fingerprint density at radius 1 is 0.317 bits per heavy atom. The minimum absolute atomic E-state index is 0.535. The summed E-state index contributed by atoms with van der Waals surface area (Å²) < 4.78 is 6.77. The Morgan fingerprint density at radius 2 is 0.841 bits per heavy atom. The van der Waals surface area contributed by atoms with E-state index in [1.807, 2.05) is 12.1 Å². The summed E-state index contributed by atoms with van der Waals surface area (Å²) in [4.78, 5) is 10.3. The molecule has 3 nitrogen and oxygen atoms in total. The van der Waals surface area contributed by atoms with Crippen molar-refractivity contribution in [2.75, 3.05) is 0 Å². The molecule has 63 heavy (non-hydrogen) atoms. The van der Waals surface area contributed by atoms with Gasteiger partial charge < -0.3 is 4.74 Å². The fourth-order valence-electron chi connectivity index (χ4n) is 10.0. The summed E-state index contributed by atoms with van der Waals surface area (Å²) in [6.07, 6.45) is 0. The van der Waals surface area contributed by atoms with Gasteiger partial charge in [0.2, 0.25) is 0 Å². The fraction of sp³-hybridized carbons (Fsp3) is 0.0333. The number of nitrogens with zero attached hydrogens (tertiary/aromatic N) is 2. The molecule has 9 aromatic carbocycles. The highest BCUT2D eigenvalue weighted by Crippen LogP contribution is 2.62. The molecule has 0 unspecified atom stereocenters. The van der Waals surface area contributed by atoms with Crippen molar-refractivity contribution in [3.63, 3.8) is 0 Å². The average molecular weight is 805 g/mol. The summed E-state index contributed by atoms with van der Waals surface area (Å²) in [7, 11) is 0. The Hall–Kier alpha value is -8.14. The lowest BCUT2D eigenvalue weighted by atomic mass is 9.66. The average Bonchev–Trinajstić information content (AvgIpc) is 3.65. The lowest BCUT2D eigenvalue weighted by Crippen LogP contribution is -2.32. The predicted molar refractivity (Wildman–Crippen MR) is 257 cm³/mol. The predicted octanol–water partition coefficient (Wildman–Crippen LogP) is 15.3. The Balaban J connectivity index is 1.02. The lowest BCUT2D eigenvalue weighted by molar-refractivity contribution is 0.436. The highest BCUT2D eigenvalue weighted by molar-refractivity contribution is 5.92. The van der Waals surface area contributed by atoms with Crippen LogP contribution in [-0.4, -0.2) is 9.97 Å². The van der Waals surface area contributed by atoms with E-state index in [9.17, 15) is 0 Å². The van der Waals surface area contributed by atoms with Gasteiger partial charge in [0.15, 0.2) is 5.82 Å². The monoisotopic (exact) mass is 804 g/mol. The van der Waals surface area contributed by atoms with Crippen LogP contribution in [0.1, 0.15) is 27.8 Å². The second-order valence-corrected chi connectivity index (χ2v) is 16.5. The minimum atomic E-state index is -0.535. The Kier molecular flexibility index (Phi) is 8.62. The van der Waals surface area contributed by atoms with E-state index < -0.39 is 5.41 Å². The molecular weight excluding hydrogens is 765 g/mol. The quantitative estimate of drug-likeness (QED) is 0.168. The van der Waals surface area contributed by atoms with Crippen molar-refractivity contribution in [1.82, 2.24) is 9.97 Å². The molecule has 0 fully saturated rings. The zero-order valence-electron chi connectivity index (χ0n) is 34.7. The number of aryl methyl sites for hydroxylation is 1. The first-order valence-corrected chi connectivity index (χ1v) is 21.6. The molecule has 1 aromatic heterocycles. The first-order valence-electron chi connectivity index (χ1n) is 21.6. The second-order valence-electron chi connectivity index (χ2n) is 16.5. The maximum Gasteiger partial charge on any atom is 0.160 e. The Morgan fingerprint density at radius 3 is 1.52 bits per heavy atom. The first kappa shape index (κ1) is 36.7. The van der Waals surface area contributed by atoms with E-state index in [1.54, 1.807) is 0 Å². The molecule has 0 radical (unpaired) electrons. The van der Waals surface area contributed by atoms with Crippen molar-refractivity contribution >= 4 is 0 Å². The number of rotatable bonds is 6. The fourth-order valence-corrected chi connectivity index (χ4v) is 10.0. The van der Waals surface area contributed by atoms with Crippen LogP contribution in [0.3, 0.4) is 0 Å². The standard InChI is InChI=1S/C60H40N2O/c1-39-17-8-9-24-46(39)50-36-42(31-33-47(50)44-22-16-23-45(35-44)59-61-55(40-18-4-2-5-19-40)38-56(62-59)41-20-6-3-7-21-41)43-32-34-58-54(37-43)60(53-29-14-15-30-57(53)63-58)51-27-12-10-25-48(51)49-26-11-13-28-52(49)60/h2-38H,1H3. The first-order chi connectivity index (χ1) is 31.1. The SMILES string of the molecule is Cc1ccccc1-c1cc(-c2ccc3c(c2)C2(c4ccccc4O3)c3ccccc3-c3ccccc32)ccc1-c1cccc(-c2nc(-c3ccccc3)cc(-c3ccccc3)n2)c1. The van der Waals surface area contributed by atoms with Crippen LogP contribution in [0.2, 0.25) is 0 Å². The van der Waals surface area contributed by atoms with E-state index in [0.29, 0.717) is 5.82 Å². The molecule has 0 amide bonds. The van der Waals surface area contributed by atoms with Crippen LogP contribution in [0.15, 0.2) is 224 Å². The van der Waals surface area contributed by atoms with Gasteiger partial charge in [-0.3, -0.25) is 0 Å². The molecule has 3 heteroatoms. The minimum Gasteiger partial charge on any atom is -0.457 e. The molecule has 0 atom stereocenters. The van der Waals surface area contributed by atoms with Crippen LogP contribution < -0.4 is 4.74 Å². The van der Waals surface area contributed by atoms with E-state index in [1.165, 1.54) is 33.4 Å². The van der Waals surface area contributed by atoms with E-state index in [0.717, 1.165) is 78.5 Å². The number of aromatic nitrogens is 2. The van der Waals surface area contributed by atoms with Crippen LogP contribution in [0.5, 0.6) is 11.5 Å². The molecule has 12 rings (SSSR count). The van der Waals surface area contributed by atoms with Crippen molar-refractivity contribution < 1.29 is 4.74 Å². The molecule has 0 N–H and O–H groups in total.